The first-order chi connectivity index (χ1) is 14.3. The Morgan fingerprint density at radius 3 is 2.48 bits per heavy atom. The average Bonchev–Trinajstić information content (AvgIpc) is 2.67. The molecule has 4 N–H and O–H groups in total. The highest BCUT2D eigenvalue weighted by Crippen LogP contribution is 2.44. The molecule has 0 spiro atoms. The SMILES string of the molecule is CC(C)(CC(O)(CNc1ccc2[nH]ccc(=O)c2c1)C(F)(F)F)c1cc(Br)ccc1O. The highest BCUT2D eigenvalue weighted by Gasteiger charge is 2.56. The van der Waals surface area contributed by atoms with Gasteiger partial charge in [0.2, 0.25) is 0 Å². The zero-order valence-corrected chi connectivity index (χ0v) is 18.4. The molecule has 0 aliphatic carbocycles. The number of nitrogens with one attached hydrogen (secondary N) is 2. The van der Waals surface area contributed by atoms with Gasteiger partial charge < -0.3 is 20.5 Å². The van der Waals surface area contributed by atoms with Crippen LogP contribution < -0.4 is 10.7 Å². The van der Waals surface area contributed by atoms with Crippen LogP contribution in [-0.4, -0.2) is 33.5 Å². The molecule has 0 amide bonds. The fourth-order valence-corrected chi connectivity index (χ4v) is 4.03. The maximum Gasteiger partial charge on any atom is 0.418 e. The summed E-state index contributed by atoms with van der Waals surface area (Å²) < 4.78 is 42.4. The number of fused-ring (bicyclic) bond motifs is 1. The molecule has 3 aromatic rings. The Morgan fingerprint density at radius 1 is 1.10 bits per heavy atom. The van der Waals surface area contributed by atoms with Gasteiger partial charge in [0.25, 0.3) is 0 Å². The number of hydrogen-bond acceptors (Lipinski definition) is 4. The van der Waals surface area contributed by atoms with E-state index in [2.05, 4.69) is 26.2 Å². The number of pyridine rings is 1. The number of benzene rings is 2. The number of rotatable bonds is 6. The van der Waals surface area contributed by atoms with Crippen LogP contribution in [0.1, 0.15) is 25.8 Å². The van der Waals surface area contributed by atoms with Crippen molar-refractivity contribution in [2.75, 3.05) is 11.9 Å². The average molecular weight is 499 g/mol. The highest BCUT2D eigenvalue weighted by molar-refractivity contribution is 9.10. The summed E-state index contributed by atoms with van der Waals surface area (Å²) in [6.07, 6.45) is -4.15. The van der Waals surface area contributed by atoms with Crippen LogP contribution in [0.2, 0.25) is 0 Å². The molecule has 31 heavy (non-hydrogen) atoms. The predicted molar refractivity (Wildman–Crippen MR) is 118 cm³/mol. The van der Waals surface area contributed by atoms with Gasteiger partial charge in [-0.2, -0.15) is 13.2 Å². The van der Waals surface area contributed by atoms with E-state index in [4.69, 9.17) is 0 Å². The van der Waals surface area contributed by atoms with Gasteiger partial charge >= 0.3 is 6.18 Å². The summed E-state index contributed by atoms with van der Waals surface area (Å²) in [5, 5.41) is 23.8. The first kappa shape index (κ1) is 23.1. The normalized spacial score (nSPS) is 14.4. The summed E-state index contributed by atoms with van der Waals surface area (Å²) in [5.74, 6) is -0.153. The number of aromatic amines is 1. The largest absolute Gasteiger partial charge is 0.508 e. The number of H-pyrrole nitrogens is 1. The molecule has 1 aromatic heterocycles. The fraction of sp³-hybridized carbons (Fsp3) is 0.318. The number of phenols is 1. The Hall–Kier alpha value is -2.52. The topological polar surface area (TPSA) is 85.4 Å². The molecule has 0 aliphatic heterocycles. The van der Waals surface area contributed by atoms with Gasteiger partial charge in [0.15, 0.2) is 11.0 Å². The smallest absolute Gasteiger partial charge is 0.418 e. The maximum absolute atomic E-state index is 13.9. The van der Waals surface area contributed by atoms with Crippen LogP contribution in [-0.2, 0) is 5.41 Å². The Morgan fingerprint density at radius 2 is 1.81 bits per heavy atom. The summed E-state index contributed by atoms with van der Waals surface area (Å²) in [7, 11) is 0. The third kappa shape index (κ3) is 4.88. The van der Waals surface area contributed by atoms with Gasteiger partial charge in [-0.05, 0) is 48.2 Å². The second kappa shape index (κ2) is 8.20. The molecule has 5 nitrogen and oxygen atoms in total. The third-order valence-corrected chi connectivity index (χ3v) is 5.79. The monoisotopic (exact) mass is 498 g/mol. The summed E-state index contributed by atoms with van der Waals surface area (Å²) >= 11 is 3.26. The first-order valence-corrected chi connectivity index (χ1v) is 10.3. The summed E-state index contributed by atoms with van der Waals surface area (Å²) in [4.78, 5) is 14.9. The molecule has 0 bridgehead atoms. The van der Waals surface area contributed by atoms with Crippen LogP contribution in [0.4, 0.5) is 18.9 Å². The maximum atomic E-state index is 13.9. The van der Waals surface area contributed by atoms with E-state index < -0.39 is 30.2 Å². The lowest BCUT2D eigenvalue weighted by Gasteiger charge is -2.38. The molecular weight excluding hydrogens is 477 g/mol. The number of phenolic OH excluding ortho intramolecular Hbond substituents is 1. The molecule has 0 saturated heterocycles. The van der Waals surface area contributed by atoms with Crippen LogP contribution in [0, 0.1) is 0 Å². The van der Waals surface area contributed by atoms with Gasteiger partial charge in [0.05, 0.1) is 6.54 Å². The van der Waals surface area contributed by atoms with E-state index in [1.165, 1.54) is 50.4 Å². The molecule has 0 saturated carbocycles. The zero-order valence-electron chi connectivity index (χ0n) is 16.8. The van der Waals surface area contributed by atoms with Crippen molar-refractivity contribution in [3.8, 4) is 5.75 Å². The summed E-state index contributed by atoms with van der Waals surface area (Å²) in [6, 6.07) is 10.4. The van der Waals surface area contributed by atoms with Crippen molar-refractivity contribution >= 4 is 32.5 Å². The van der Waals surface area contributed by atoms with Crippen molar-refractivity contribution in [2.24, 2.45) is 0 Å². The molecule has 2 aromatic carbocycles. The Labute approximate surface area is 185 Å². The molecule has 1 unspecified atom stereocenters. The molecule has 0 aliphatic rings. The highest BCUT2D eigenvalue weighted by atomic mass is 79.9. The summed E-state index contributed by atoms with van der Waals surface area (Å²) in [5.41, 5.74) is -3.47. The predicted octanol–water partition coefficient (Wildman–Crippen LogP) is 5.07. The Kier molecular flexibility index (Phi) is 6.12. The third-order valence-electron chi connectivity index (χ3n) is 5.29. The Balaban J connectivity index is 1.90. The van der Waals surface area contributed by atoms with E-state index in [0.29, 0.717) is 15.4 Å². The summed E-state index contributed by atoms with van der Waals surface area (Å²) in [6.45, 7) is 2.23. The first-order valence-electron chi connectivity index (χ1n) is 9.46. The van der Waals surface area contributed by atoms with Crippen molar-refractivity contribution < 1.29 is 23.4 Å². The second-order valence-corrected chi connectivity index (χ2v) is 9.12. The number of alkyl halides is 3. The van der Waals surface area contributed by atoms with Gasteiger partial charge in [-0.3, -0.25) is 4.79 Å². The van der Waals surface area contributed by atoms with Crippen molar-refractivity contribution in [1.29, 1.82) is 0 Å². The fourth-order valence-electron chi connectivity index (χ4n) is 3.67. The number of aromatic nitrogens is 1. The van der Waals surface area contributed by atoms with Gasteiger partial charge in [0.1, 0.15) is 5.75 Å². The lowest BCUT2D eigenvalue weighted by atomic mass is 9.74. The van der Waals surface area contributed by atoms with E-state index in [9.17, 15) is 28.2 Å². The minimum atomic E-state index is -4.94. The standard InChI is InChI=1S/C22H22BrF3N2O3/c1-20(2,16-9-13(23)3-6-19(16)30)11-21(31,22(24,25)26)12-28-14-4-5-17-15(10-14)18(29)7-8-27-17/h3-10,28,30-31H,11-12H2,1-2H3,(H,27,29). The molecule has 3 rings (SSSR count). The quantitative estimate of drug-likeness (QED) is 0.382. The molecular formula is C22H22BrF3N2O3. The molecule has 166 valence electrons. The Bertz CT molecular complexity index is 1160. The van der Waals surface area contributed by atoms with Gasteiger partial charge in [-0.15, -0.1) is 0 Å². The van der Waals surface area contributed by atoms with E-state index in [0.717, 1.165) is 0 Å². The van der Waals surface area contributed by atoms with Gasteiger partial charge in [-0.1, -0.05) is 29.8 Å². The van der Waals surface area contributed by atoms with E-state index in [1.807, 2.05) is 0 Å². The van der Waals surface area contributed by atoms with Crippen LogP contribution in [0.15, 0.2) is 57.9 Å². The van der Waals surface area contributed by atoms with Gasteiger partial charge in [0, 0.05) is 38.9 Å². The van der Waals surface area contributed by atoms with Crippen molar-refractivity contribution in [3.63, 3.8) is 0 Å². The second-order valence-electron chi connectivity index (χ2n) is 8.21. The van der Waals surface area contributed by atoms with E-state index in [1.54, 1.807) is 12.1 Å². The van der Waals surface area contributed by atoms with Crippen molar-refractivity contribution in [3.05, 3.63) is 68.9 Å². The van der Waals surface area contributed by atoms with Crippen LogP contribution in [0.3, 0.4) is 0 Å². The molecule has 0 fully saturated rings. The minimum Gasteiger partial charge on any atom is -0.508 e. The zero-order chi connectivity index (χ0) is 23.0. The van der Waals surface area contributed by atoms with E-state index >= 15 is 0 Å². The van der Waals surface area contributed by atoms with Crippen LogP contribution in [0.25, 0.3) is 10.9 Å². The van der Waals surface area contributed by atoms with Crippen molar-refractivity contribution in [1.82, 2.24) is 4.98 Å². The molecule has 1 heterocycles. The van der Waals surface area contributed by atoms with Crippen LogP contribution in [0.5, 0.6) is 5.75 Å². The van der Waals surface area contributed by atoms with E-state index in [-0.39, 0.29) is 22.4 Å². The molecule has 1 atom stereocenters. The number of aromatic hydroxyl groups is 1. The van der Waals surface area contributed by atoms with Crippen molar-refractivity contribution in [2.45, 2.75) is 37.5 Å². The number of anilines is 1. The number of halogens is 4. The number of aliphatic hydroxyl groups is 1. The lowest BCUT2D eigenvalue weighted by molar-refractivity contribution is -0.260. The van der Waals surface area contributed by atoms with Gasteiger partial charge in [-0.25, -0.2) is 0 Å². The van der Waals surface area contributed by atoms with Crippen LogP contribution >= 0.6 is 15.9 Å². The minimum absolute atomic E-state index is 0.153. The molecule has 0 radical (unpaired) electrons. The number of hydrogen-bond donors (Lipinski definition) is 4. The molecule has 9 heteroatoms. The lowest BCUT2D eigenvalue weighted by Crippen LogP contribution is -2.53.